The van der Waals surface area contributed by atoms with Crippen molar-refractivity contribution in [3.05, 3.63) is 0 Å². The van der Waals surface area contributed by atoms with E-state index in [0.29, 0.717) is 0 Å². The minimum atomic E-state index is -0.132. The van der Waals surface area contributed by atoms with Crippen LogP contribution >= 0.6 is 12.4 Å². The van der Waals surface area contributed by atoms with Gasteiger partial charge in [0.15, 0.2) is 5.96 Å². The maximum absolute atomic E-state index is 10.9. The van der Waals surface area contributed by atoms with Gasteiger partial charge < -0.3 is 4.90 Å². The summed E-state index contributed by atoms with van der Waals surface area (Å²) in [5.41, 5.74) is 0. The topological polar surface area (TPSA) is 56.2 Å². The van der Waals surface area contributed by atoms with Crippen LogP contribution in [0.25, 0.3) is 0 Å². The van der Waals surface area contributed by atoms with Gasteiger partial charge in [-0.3, -0.25) is 15.5 Å². The van der Waals surface area contributed by atoms with Crippen LogP contribution in [0.3, 0.4) is 0 Å². The molecular weight excluding hydrogens is 166 g/mol. The van der Waals surface area contributed by atoms with E-state index in [0.717, 1.165) is 6.42 Å². The molecule has 1 aliphatic rings. The van der Waals surface area contributed by atoms with E-state index >= 15 is 0 Å². The fraction of sp³-hybridized carbons (Fsp3) is 0.667. The number of halogens is 1. The number of nitrogens with one attached hydrogen (secondary N) is 2. The average molecular weight is 178 g/mol. The number of rotatable bonds is 1. The zero-order valence-electron chi connectivity index (χ0n) is 6.55. The second kappa shape index (κ2) is 3.57. The lowest BCUT2D eigenvalue weighted by molar-refractivity contribution is -0.121. The fourth-order valence-electron chi connectivity index (χ4n) is 1.08. The molecule has 1 amide bonds. The van der Waals surface area contributed by atoms with E-state index in [4.69, 9.17) is 5.41 Å². The Bertz CT molecular complexity index is 183. The van der Waals surface area contributed by atoms with Crippen molar-refractivity contribution in [1.82, 2.24) is 10.2 Å². The second-order valence-corrected chi connectivity index (χ2v) is 2.37. The minimum absolute atomic E-state index is 0. The quantitative estimate of drug-likeness (QED) is 0.601. The largest absolute Gasteiger partial charge is 0.334 e. The molecule has 0 radical (unpaired) electrons. The monoisotopic (exact) mass is 177 g/mol. The zero-order chi connectivity index (χ0) is 7.72. The van der Waals surface area contributed by atoms with Crippen LogP contribution in [0.15, 0.2) is 0 Å². The Kier molecular flexibility index (Phi) is 3.32. The van der Waals surface area contributed by atoms with Crippen LogP contribution < -0.4 is 5.32 Å². The van der Waals surface area contributed by atoms with Crippen molar-refractivity contribution in [2.45, 2.75) is 19.4 Å². The molecule has 0 aromatic heterocycles. The van der Waals surface area contributed by atoms with Crippen LogP contribution in [0, 0.1) is 5.41 Å². The van der Waals surface area contributed by atoms with Crippen molar-refractivity contribution in [2.24, 2.45) is 0 Å². The van der Waals surface area contributed by atoms with E-state index in [1.807, 2.05) is 6.92 Å². The van der Waals surface area contributed by atoms with Crippen LogP contribution in [-0.2, 0) is 4.79 Å². The smallest absolute Gasteiger partial charge is 0.249 e. The minimum Gasteiger partial charge on any atom is -0.334 e. The lowest BCUT2D eigenvalue weighted by atomic mass is 10.2. The van der Waals surface area contributed by atoms with E-state index in [1.54, 1.807) is 11.9 Å². The molecule has 2 N–H and O–H groups in total. The first-order chi connectivity index (χ1) is 4.66. The molecule has 0 aromatic carbocycles. The molecule has 0 aromatic rings. The van der Waals surface area contributed by atoms with Crippen molar-refractivity contribution in [1.29, 1.82) is 5.41 Å². The maximum Gasteiger partial charge on any atom is 0.249 e. The van der Waals surface area contributed by atoms with Gasteiger partial charge in [0.25, 0.3) is 0 Å². The molecule has 0 bridgehead atoms. The van der Waals surface area contributed by atoms with Crippen molar-refractivity contribution in [2.75, 3.05) is 7.05 Å². The Morgan fingerprint density at radius 1 is 1.73 bits per heavy atom. The number of hydrogen-bond acceptors (Lipinski definition) is 2. The summed E-state index contributed by atoms with van der Waals surface area (Å²) in [6.45, 7) is 1.93. The third-order valence-electron chi connectivity index (χ3n) is 1.75. The summed E-state index contributed by atoms with van der Waals surface area (Å²) in [6.07, 6.45) is 0.755. The van der Waals surface area contributed by atoms with E-state index < -0.39 is 0 Å². The number of nitrogens with zero attached hydrogens (tertiary/aromatic N) is 1. The molecule has 0 spiro atoms. The van der Waals surface area contributed by atoms with E-state index in [9.17, 15) is 4.79 Å². The summed E-state index contributed by atoms with van der Waals surface area (Å²) in [7, 11) is 1.74. The Balaban J connectivity index is 0.000001000. The van der Waals surface area contributed by atoms with Crippen LogP contribution in [0.5, 0.6) is 0 Å². The fourth-order valence-corrected chi connectivity index (χ4v) is 1.08. The van der Waals surface area contributed by atoms with Gasteiger partial charge in [0.2, 0.25) is 5.91 Å². The highest BCUT2D eigenvalue weighted by Gasteiger charge is 2.31. The van der Waals surface area contributed by atoms with Crippen LogP contribution in [0.1, 0.15) is 13.3 Å². The number of amides is 1. The second-order valence-electron chi connectivity index (χ2n) is 2.37. The van der Waals surface area contributed by atoms with Gasteiger partial charge in [0.1, 0.15) is 6.04 Å². The highest BCUT2D eigenvalue weighted by Crippen LogP contribution is 2.07. The molecule has 1 rings (SSSR count). The average Bonchev–Trinajstić information content (AvgIpc) is 2.09. The van der Waals surface area contributed by atoms with Gasteiger partial charge in [0, 0.05) is 7.05 Å². The summed E-state index contributed by atoms with van der Waals surface area (Å²) >= 11 is 0. The van der Waals surface area contributed by atoms with Crippen LogP contribution in [-0.4, -0.2) is 29.9 Å². The summed E-state index contributed by atoms with van der Waals surface area (Å²) in [5, 5.41) is 9.65. The molecular formula is C6H12ClN3O. The van der Waals surface area contributed by atoms with Crippen molar-refractivity contribution < 1.29 is 4.79 Å². The van der Waals surface area contributed by atoms with E-state index in [1.165, 1.54) is 0 Å². The van der Waals surface area contributed by atoms with Crippen molar-refractivity contribution in [3.63, 3.8) is 0 Å². The van der Waals surface area contributed by atoms with Crippen LogP contribution in [0.4, 0.5) is 0 Å². The Morgan fingerprint density at radius 2 is 2.27 bits per heavy atom. The standard InChI is InChI=1S/C6H11N3O.ClH/c1-3-4-5(10)8-6(7)9(4)2;/h4H,3H2,1-2H3,(H2,7,8,10);1H. The lowest BCUT2D eigenvalue weighted by Gasteiger charge is -2.14. The highest BCUT2D eigenvalue weighted by molar-refractivity contribution is 6.04. The molecule has 0 saturated carbocycles. The Hall–Kier alpha value is -0.770. The third kappa shape index (κ3) is 1.63. The molecule has 11 heavy (non-hydrogen) atoms. The van der Waals surface area contributed by atoms with Crippen molar-refractivity contribution in [3.8, 4) is 0 Å². The number of carbonyl (C=O) groups excluding carboxylic acids is 1. The highest BCUT2D eigenvalue weighted by atomic mass is 35.5. The van der Waals surface area contributed by atoms with Crippen molar-refractivity contribution >= 4 is 24.3 Å². The first-order valence-corrected chi connectivity index (χ1v) is 3.29. The molecule has 1 fully saturated rings. The molecule has 1 atom stereocenters. The van der Waals surface area contributed by atoms with Gasteiger partial charge in [-0.05, 0) is 6.42 Å². The SMILES string of the molecule is CCC1C(=O)NC(=N)N1C.Cl. The number of carbonyl (C=O) groups is 1. The third-order valence-corrected chi connectivity index (χ3v) is 1.75. The number of hydrogen-bond donors (Lipinski definition) is 2. The predicted octanol–water partition coefficient (Wildman–Crippen LogP) is 0.183. The van der Waals surface area contributed by atoms with Gasteiger partial charge in [0.05, 0.1) is 0 Å². The summed E-state index contributed by atoms with van der Waals surface area (Å²) in [4.78, 5) is 12.6. The van der Waals surface area contributed by atoms with Gasteiger partial charge >= 0.3 is 0 Å². The van der Waals surface area contributed by atoms with Gasteiger partial charge in [-0.15, -0.1) is 12.4 Å². The Labute approximate surface area is 71.9 Å². The van der Waals surface area contributed by atoms with Gasteiger partial charge in [-0.1, -0.05) is 6.92 Å². The molecule has 4 nitrogen and oxygen atoms in total. The van der Waals surface area contributed by atoms with Crippen LogP contribution in [0.2, 0.25) is 0 Å². The molecule has 1 saturated heterocycles. The zero-order valence-corrected chi connectivity index (χ0v) is 7.36. The van der Waals surface area contributed by atoms with E-state index in [-0.39, 0.29) is 30.3 Å². The molecule has 5 heteroatoms. The van der Waals surface area contributed by atoms with Gasteiger partial charge in [-0.25, -0.2) is 0 Å². The molecule has 1 unspecified atom stereocenters. The molecule has 1 aliphatic heterocycles. The number of guanidine groups is 1. The summed E-state index contributed by atoms with van der Waals surface area (Å²) < 4.78 is 0. The van der Waals surface area contributed by atoms with Gasteiger partial charge in [-0.2, -0.15) is 0 Å². The maximum atomic E-state index is 10.9. The normalized spacial score (nSPS) is 23.1. The molecule has 1 heterocycles. The summed E-state index contributed by atoms with van der Waals surface area (Å²) in [5.74, 6) is 0.145. The molecule has 0 aliphatic carbocycles. The Morgan fingerprint density at radius 3 is 2.45 bits per heavy atom. The first-order valence-electron chi connectivity index (χ1n) is 3.29. The predicted molar refractivity (Wildman–Crippen MR) is 45.0 cm³/mol. The lowest BCUT2D eigenvalue weighted by Crippen LogP contribution is -2.30. The van der Waals surface area contributed by atoms with E-state index in [2.05, 4.69) is 5.32 Å². The molecule has 64 valence electrons. The summed E-state index contributed by atoms with van der Waals surface area (Å²) in [6, 6.07) is -0.132. The first kappa shape index (κ1) is 10.2. The number of likely N-dealkylation sites (N-methyl/N-ethyl adjacent to an activating group) is 1.